The zero-order valence-corrected chi connectivity index (χ0v) is 9.08. The molecule has 0 amide bonds. The lowest BCUT2D eigenvalue weighted by atomic mass is 10.2. The lowest BCUT2D eigenvalue weighted by molar-refractivity contribution is 0.189. The van der Waals surface area contributed by atoms with Crippen molar-refractivity contribution in [3.05, 3.63) is 12.7 Å². The Labute approximate surface area is 86.8 Å². The topological polar surface area (TPSA) is 35.5 Å². The second-order valence-corrected chi connectivity index (χ2v) is 4.19. The zero-order chi connectivity index (χ0) is 10.4. The number of hydrogen-bond donors (Lipinski definition) is 2. The standard InChI is InChI=1S/C11H22N2O/c1-3-4-5-6-13(2)9-10-7-11(14)8-12-10/h3,10-12,14H,1,4-9H2,2H3. The van der Waals surface area contributed by atoms with Crippen molar-refractivity contribution in [1.82, 2.24) is 10.2 Å². The first kappa shape index (κ1) is 11.7. The van der Waals surface area contributed by atoms with E-state index in [9.17, 15) is 5.11 Å². The molecule has 1 rings (SSSR count). The first-order valence-electron chi connectivity index (χ1n) is 5.43. The predicted octanol–water partition coefficient (Wildman–Crippen LogP) is 0.607. The quantitative estimate of drug-likeness (QED) is 0.485. The molecule has 0 aliphatic carbocycles. The van der Waals surface area contributed by atoms with E-state index in [0.29, 0.717) is 6.04 Å². The Balaban J connectivity index is 2.07. The monoisotopic (exact) mass is 198 g/mol. The van der Waals surface area contributed by atoms with Crippen molar-refractivity contribution < 1.29 is 5.11 Å². The molecule has 82 valence electrons. The van der Waals surface area contributed by atoms with Crippen LogP contribution < -0.4 is 5.32 Å². The summed E-state index contributed by atoms with van der Waals surface area (Å²) < 4.78 is 0. The molecule has 1 heterocycles. The number of aliphatic hydroxyl groups excluding tert-OH is 1. The number of rotatable bonds is 6. The molecule has 0 aromatic heterocycles. The van der Waals surface area contributed by atoms with Crippen molar-refractivity contribution in [2.45, 2.75) is 31.4 Å². The van der Waals surface area contributed by atoms with E-state index < -0.39 is 0 Å². The van der Waals surface area contributed by atoms with Gasteiger partial charge in [0, 0.05) is 19.1 Å². The van der Waals surface area contributed by atoms with E-state index in [0.717, 1.165) is 32.5 Å². The van der Waals surface area contributed by atoms with E-state index in [1.807, 2.05) is 6.08 Å². The molecule has 1 saturated heterocycles. The maximum Gasteiger partial charge on any atom is 0.0680 e. The molecular weight excluding hydrogens is 176 g/mol. The van der Waals surface area contributed by atoms with Gasteiger partial charge in [-0.1, -0.05) is 6.08 Å². The van der Waals surface area contributed by atoms with Crippen LogP contribution in [-0.4, -0.2) is 48.8 Å². The molecule has 1 aliphatic rings. The van der Waals surface area contributed by atoms with Crippen LogP contribution in [0.4, 0.5) is 0 Å². The van der Waals surface area contributed by atoms with Gasteiger partial charge in [0.25, 0.3) is 0 Å². The van der Waals surface area contributed by atoms with Crippen LogP contribution in [0, 0.1) is 0 Å². The van der Waals surface area contributed by atoms with Crippen LogP contribution in [0.25, 0.3) is 0 Å². The highest BCUT2D eigenvalue weighted by atomic mass is 16.3. The molecule has 14 heavy (non-hydrogen) atoms. The van der Waals surface area contributed by atoms with Gasteiger partial charge in [-0.15, -0.1) is 6.58 Å². The Morgan fingerprint density at radius 2 is 2.43 bits per heavy atom. The summed E-state index contributed by atoms with van der Waals surface area (Å²) in [4.78, 5) is 2.32. The molecule has 3 nitrogen and oxygen atoms in total. The third kappa shape index (κ3) is 4.22. The molecule has 1 fully saturated rings. The van der Waals surface area contributed by atoms with Gasteiger partial charge < -0.3 is 15.3 Å². The van der Waals surface area contributed by atoms with Crippen LogP contribution in [0.1, 0.15) is 19.3 Å². The maximum absolute atomic E-state index is 9.33. The number of nitrogens with zero attached hydrogens (tertiary/aromatic N) is 1. The number of β-amino-alcohol motifs (C(OH)–C–C–N with tert-alkyl or cyclic N) is 1. The highest BCUT2D eigenvalue weighted by Gasteiger charge is 2.22. The van der Waals surface area contributed by atoms with Crippen LogP contribution in [-0.2, 0) is 0 Å². The number of allylic oxidation sites excluding steroid dienone is 1. The summed E-state index contributed by atoms with van der Waals surface area (Å²) in [6.07, 6.45) is 4.99. The Bertz CT molecular complexity index is 173. The Hall–Kier alpha value is -0.380. The van der Waals surface area contributed by atoms with Gasteiger partial charge in [0.2, 0.25) is 0 Å². The van der Waals surface area contributed by atoms with Gasteiger partial charge in [0.05, 0.1) is 6.10 Å². The minimum atomic E-state index is -0.137. The normalized spacial score (nSPS) is 27.1. The second kappa shape index (κ2) is 6.17. The highest BCUT2D eigenvalue weighted by molar-refractivity contribution is 4.83. The van der Waals surface area contributed by atoms with Crippen molar-refractivity contribution in [3.8, 4) is 0 Å². The Morgan fingerprint density at radius 3 is 3.00 bits per heavy atom. The Morgan fingerprint density at radius 1 is 1.64 bits per heavy atom. The Kier molecular flexibility index (Phi) is 5.15. The first-order valence-corrected chi connectivity index (χ1v) is 5.43. The molecule has 2 N–H and O–H groups in total. The summed E-state index contributed by atoms with van der Waals surface area (Å²) in [5.41, 5.74) is 0. The number of likely N-dealkylation sites (N-methyl/N-ethyl adjacent to an activating group) is 1. The fraction of sp³-hybridized carbons (Fsp3) is 0.818. The summed E-state index contributed by atoms with van der Waals surface area (Å²) in [7, 11) is 2.13. The molecule has 0 saturated carbocycles. The average molecular weight is 198 g/mol. The van der Waals surface area contributed by atoms with Crippen molar-refractivity contribution >= 4 is 0 Å². The number of unbranched alkanes of at least 4 members (excludes halogenated alkanes) is 1. The molecule has 2 unspecified atom stereocenters. The molecule has 0 aromatic carbocycles. The molecule has 0 radical (unpaired) electrons. The number of hydrogen-bond acceptors (Lipinski definition) is 3. The summed E-state index contributed by atoms with van der Waals surface area (Å²) in [5.74, 6) is 0. The van der Waals surface area contributed by atoms with Crippen molar-refractivity contribution in [3.63, 3.8) is 0 Å². The maximum atomic E-state index is 9.33. The van der Waals surface area contributed by atoms with Crippen LogP contribution >= 0.6 is 0 Å². The van der Waals surface area contributed by atoms with E-state index in [4.69, 9.17) is 0 Å². The van der Waals surface area contributed by atoms with Crippen molar-refractivity contribution in [2.24, 2.45) is 0 Å². The van der Waals surface area contributed by atoms with Crippen molar-refractivity contribution in [2.75, 3.05) is 26.7 Å². The van der Waals surface area contributed by atoms with Gasteiger partial charge in [-0.05, 0) is 32.9 Å². The lowest BCUT2D eigenvalue weighted by Crippen LogP contribution is -2.35. The zero-order valence-electron chi connectivity index (χ0n) is 9.08. The summed E-state index contributed by atoms with van der Waals surface area (Å²) in [6, 6.07) is 0.471. The van der Waals surface area contributed by atoms with Gasteiger partial charge in [-0.25, -0.2) is 0 Å². The minimum Gasteiger partial charge on any atom is -0.392 e. The van der Waals surface area contributed by atoms with Gasteiger partial charge in [-0.3, -0.25) is 0 Å². The first-order chi connectivity index (χ1) is 6.72. The third-order valence-corrected chi connectivity index (χ3v) is 2.68. The van der Waals surface area contributed by atoms with E-state index in [1.165, 1.54) is 6.42 Å². The summed E-state index contributed by atoms with van der Waals surface area (Å²) in [6.45, 7) is 6.61. The largest absolute Gasteiger partial charge is 0.392 e. The average Bonchev–Trinajstić information content (AvgIpc) is 2.52. The SMILES string of the molecule is C=CCCCN(C)CC1CC(O)CN1. The molecule has 2 atom stereocenters. The molecule has 0 aromatic rings. The fourth-order valence-electron chi connectivity index (χ4n) is 1.91. The van der Waals surface area contributed by atoms with Gasteiger partial charge in [0.15, 0.2) is 0 Å². The molecular formula is C11H22N2O. The van der Waals surface area contributed by atoms with Gasteiger partial charge in [0.1, 0.15) is 0 Å². The predicted molar refractivity (Wildman–Crippen MR) is 59.3 cm³/mol. The van der Waals surface area contributed by atoms with E-state index in [-0.39, 0.29) is 6.10 Å². The summed E-state index contributed by atoms with van der Waals surface area (Å²) >= 11 is 0. The van der Waals surface area contributed by atoms with Crippen LogP contribution in [0.2, 0.25) is 0 Å². The summed E-state index contributed by atoms with van der Waals surface area (Å²) in [5, 5.41) is 12.6. The molecule has 0 bridgehead atoms. The second-order valence-electron chi connectivity index (χ2n) is 4.19. The highest BCUT2D eigenvalue weighted by Crippen LogP contribution is 2.07. The number of nitrogens with one attached hydrogen (secondary N) is 1. The van der Waals surface area contributed by atoms with Gasteiger partial charge >= 0.3 is 0 Å². The minimum absolute atomic E-state index is 0.137. The molecule has 1 aliphatic heterocycles. The van der Waals surface area contributed by atoms with Crippen LogP contribution in [0.15, 0.2) is 12.7 Å². The fourth-order valence-corrected chi connectivity index (χ4v) is 1.91. The smallest absolute Gasteiger partial charge is 0.0680 e. The van der Waals surface area contributed by atoms with Crippen LogP contribution in [0.5, 0.6) is 0 Å². The molecule has 0 spiro atoms. The van der Waals surface area contributed by atoms with Crippen molar-refractivity contribution in [1.29, 1.82) is 0 Å². The van der Waals surface area contributed by atoms with E-state index >= 15 is 0 Å². The van der Waals surface area contributed by atoms with E-state index in [1.54, 1.807) is 0 Å². The molecule has 3 heteroatoms. The van der Waals surface area contributed by atoms with Crippen LogP contribution in [0.3, 0.4) is 0 Å². The lowest BCUT2D eigenvalue weighted by Gasteiger charge is -2.20. The van der Waals surface area contributed by atoms with Gasteiger partial charge in [-0.2, -0.15) is 0 Å². The van der Waals surface area contributed by atoms with E-state index in [2.05, 4.69) is 23.8 Å². The third-order valence-electron chi connectivity index (χ3n) is 2.68. The number of aliphatic hydroxyl groups is 1.